The molecule has 0 radical (unpaired) electrons. The van der Waals surface area contributed by atoms with Gasteiger partial charge >= 0.3 is 0 Å². The lowest BCUT2D eigenvalue weighted by molar-refractivity contribution is 0.595. The van der Waals surface area contributed by atoms with Gasteiger partial charge in [0.2, 0.25) is 0 Å². The van der Waals surface area contributed by atoms with Crippen molar-refractivity contribution < 1.29 is 0 Å². The molecule has 0 heterocycles. The highest BCUT2D eigenvalue weighted by molar-refractivity contribution is 4.94. The van der Waals surface area contributed by atoms with Gasteiger partial charge in [0.1, 0.15) is 0 Å². The summed E-state index contributed by atoms with van der Waals surface area (Å²) in [5, 5.41) is 0. The van der Waals surface area contributed by atoms with Crippen LogP contribution in [0.25, 0.3) is 0 Å². The second kappa shape index (κ2) is 18.3. The van der Waals surface area contributed by atoms with E-state index in [2.05, 4.69) is 51.2 Å². The van der Waals surface area contributed by atoms with Crippen LogP contribution < -0.4 is 0 Å². The average molecular weight is 305 g/mol. The summed E-state index contributed by atoms with van der Waals surface area (Å²) < 4.78 is 0. The van der Waals surface area contributed by atoms with Crippen LogP contribution in [0.5, 0.6) is 0 Å². The van der Waals surface area contributed by atoms with Crippen molar-refractivity contribution in [1.82, 2.24) is 0 Å². The van der Waals surface area contributed by atoms with E-state index in [4.69, 9.17) is 0 Å². The van der Waals surface area contributed by atoms with Crippen molar-refractivity contribution in [3.05, 3.63) is 36.0 Å². The fourth-order valence-corrected chi connectivity index (χ4v) is 2.54. The van der Waals surface area contributed by atoms with Crippen molar-refractivity contribution in [2.24, 2.45) is 0 Å². The lowest BCUT2D eigenvalue weighted by atomic mass is 10.1. The Bertz CT molecular complexity index is 293. The Kier molecular flexibility index (Phi) is 17.6. The molecule has 0 nitrogen and oxygen atoms in total. The smallest absolute Gasteiger partial charge is 0.0169 e. The Morgan fingerprint density at radius 1 is 0.682 bits per heavy atom. The minimum atomic E-state index is 1.12. The van der Waals surface area contributed by atoms with Crippen molar-refractivity contribution in [2.75, 3.05) is 0 Å². The molecule has 0 fully saturated rings. The lowest BCUT2D eigenvalue weighted by Crippen LogP contribution is -1.81. The molecule has 0 saturated heterocycles. The van der Waals surface area contributed by atoms with Gasteiger partial charge in [-0.05, 0) is 58.8 Å². The fraction of sp³-hybridized carbons (Fsp3) is 0.727. The van der Waals surface area contributed by atoms with Crippen LogP contribution >= 0.6 is 0 Å². The van der Waals surface area contributed by atoms with Gasteiger partial charge in [-0.1, -0.05) is 81.4 Å². The molecule has 0 aromatic carbocycles. The predicted octanol–water partition coefficient (Wildman–Crippen LogP) is 8.16. The molecule has 0 N–H and O–H groups in total. The summed E-state index contributed by atoms with van der Waals surface area (Å²) in [6.07, 6.45) is 29.0. The van der Waals surface area contributed by atoms with Crippen LogP contribution in [0.4, 0.5) is 0 Å². The van der Waals surface area contributed by atoms with Crippen LogP contribution in [-0.4, -0.2) is 0 Å². The fourth-order valence-electron chi connectivity index (χ4n) is 2.54. The summed E-state index contributed by atoms with van der Waals surface area (Å²) in [6, 6.07) is 0. The first-order valence-electron chi connectivity index (χ1n) is 9.73. The minimum Gasteiger partial charge on any atom is -0.0887 e. The molecule has 22 heavy (non-hydrogen) atoms. The first kappa shape index (κ1) is 21.2. The molecule has 0 aliphatic rings. The first-order chi connectivity index (χ1) is 10.8. The standard InChI is InChI=1S/C22H40/c1-4-6-7-8-9-10-11-12-13-14-15-16-17-18-19-20-21-22(3)5-2/h5,9-10,12-13H,4,6-8,11,14-21H2,1-3H3/b10-9-,13-12-,22-5?. The summed E-state index contributed by atoms with van der Waals surface area (Å²) in [5.74, 6) is 0. The predicted molar refractivity (Wildman–Crippen MR) is 103 cm³/mol. The highest BCUT2D eigenvalue weighted by Gasteiger charge is 1.92. The first-order valence-corrected chi connectivity index (χ1v) is 9.73. The molecule has 0 heteroatoms. The minimum absolute atomic E-state index is 1.12. The van der Waals surface area contributed by atoms with Crippen molar-refractivity contribution in [3.63, 3.8) is 0 Å². The van der Waals surface area contributed by atoms with E-state index in [0.717, 1.165) is 6.42 Å². The van der Waals surface area contributed by atoms with E-state index >= 15 is 0 Å². The van der Waals surface area contributed by atoms with Gasteiger partial charge in [-0.2, -0.15) is 0 Å². The quantitative estimate of drug-likeness (QED) is 0.211. The van der Waals surface area contributed by atoms with Gasteiger partial charge < -0.3 is 0 Å². The Labute approximate surface area is 140 Å². The van der Waals surface area contributed by atoms with Gasteiger partial charge in [-0.3, -0.25) is 0 Å². The number of hydrogen-bond acceptors (Lipinski definition) is 0. The number of rotatable bonds is 15. The van der Waals surface area contributed by atoms with Crippen LogP contribution in [0.1, 0.15) is 104 Å². The molecule has 0 unspecified atom stereocenters. The van der Waals surface area contributed by atoms with Crippen molar-refractivity contribution in [3.8, 4) is 0 Å². The van der Waals surface area contributed by atoms with E-state index in [-0.39, 0.29) is 0 Å². The maximum atomic E-state index is 2.37. The Morgan fingerprint density at radius 2 is 1.23 bits per heavy atom. The van der Waals surface area contributed by atoms with Crippen molar-refractivity contribution >= 4 is 0 Å². The molecule has 0 aromatic heterocycles. The molecule has 0 bridgehead atoms. The summed E-state index contributed by atoms with van der Waals surface area (Å²) >= 11 is 0. The lowest BCUT2D eigenvalue weighted by Gasteiger charge is -2.01. The van der Waals surface area contributed by atoms with E-state index < -0.39 is 0 Å². The summed E-state index contributed by atoms with van der Waals surface area (Å²) in [4.78, 5) is 0. The molecule has 0 aromatic rings. The third-order valence-electron chi connectivity index (χ3n) is 4.26. The maximum Gasteiger partial charge on any atom is -0.0169 e. The number of unbranched alkanes of at least 4 members (excludes halogenated alkanes) is 9. The van der Waals surface area contributed by atoms with Crippen LogP contribution in [0.15, 0.2) is 36.0 Å². The molecule has 0 saturated carbocycles. The highest BCUT2D eigenvalue weighted by atomic mass is 14.0. The summed E-state index contributed by atoms with van der Waals surface area (Å²) in [6.45, 7) is 6.65. The Hall–Kier alpha value is -0.780. The van der Waals surface area contributed by atoms with E-state index in [1.54, 1.807) is 5.57 Å². The van der Waals surface area contributed by atoms with Crippen molar-refractivity contribution in [2.45, 2.75) is 104 Å². The van der Waals surface area contributed by atoms with Gasteiger partial charge in [-0.15, -0.1) is 0 Å². The largest absolute Gasteiger partial charge is 0.0887 e. The molecule has 0 atom stereocenters. The average Bonchev–Trinajstić information content (AvgIpc) is 2.54. The second-order valence-electron chi connectivity index (χ2n) is 6.47. The Morgan fingerprint density at radius 3 is 1.82 bits per heavy atom. The zero-order valence-corrected chi connectivity index (χ0v) is 15.6. The molecule has 0 spiro atoms. The second-order valence-corrected chi connectivity index (χ2v) is 6.47. The zero-order valence-electron chi connectivity index (χ0n) is 15.6. The number of allylic oxidation sites excluding steroid dienone is 6. The van der Waals surface area contributed by atoms with Crippen molar-refractivity contribution in [1.29, 1.82) is 0 Å². The van der Waals surface area contributed by atoms with Gasteiger partial charge in [0.15, 0.2) is 0 Å². The molecule has 0 aliphatic carbocycles. The van der Waals surface area contributed by atoms with Gasteiger partial charge in [0, 0.05) is 0 Å². The third-order valence-corrected chi connectivity index (χ3v) is 4.26. The van der Waals surface area contributed by atoms with Crippen LogP contribution in [-0.2, 0) is 0 Å². The van der Waals surface area contributed by atoms with Crippen LogP contribution in [0, 0.1) is 0 Å². The van der Waals surface area contributed by atoms with E-state index in [1.165, 1.54) is 77.0 Å². The number of hydrogen-bond donors (Lipinski definition) is 0. The van der Waals surface area contributed by atoms with Crippen LogP contribution in [0.3, 0.4) is 0 Å². The van der Waals surface area contributed by atoms with Gasteiger partial charge in [0.05, 0.1) is 0 Å². The SMILES string of the molecule is CC=C(C)CCCCCCCC/C=C\C/C=C\CCCCC. The maximum absolute atomic E-state index is 2.37. The Balaban J connectivity index is 3.20. The highest BCUT2D eigenvalue weighted by Crippen LogP contribution is 2.12. The normalized spacial score (nSPS) is 12.8. The molecular formula is C22H40. The van der Waals surface area contributed by atoms with Crippen LogP contribution in [0.2, 0.25) is 0 Å². The van der Waals surface area contributed by atoms with Gasteiger partial charge in [-0.25, -0.2) is 0 Å². The topological polar surface area (TPSA) is 0 Å². The summed E-state index contributed by atoms with van der Waals surface area (Å²) in [7, 11) is 0. The van der Waals surface area contributed by atoms with E-state index in [9.17, 15) is 0 Å². The van der Waals surface area contributed by atoms with E-state index in [0.29, 0.717) is 0 Å². The molecule has 0 amide bonds. The molecule has 0 rings (SSSR count). The monoisotopic (exact) mass is 304 g/mol. The zero-order chi connectivity index (χ0) is 16.3. The molecular weight excluding hydrogens is 264 g/mol. The van der Waals surface area contributed by atoms with Gasteiger partial charge in [0.25, 0.3) is 0 Å². The third kappa shape index (κ3) is 17.3. The molecule has 128 valence electrons. The summed E-state index contributed by atoms with van der Waals surface area (Å²) in [5.41, 5.74) is 1.55. The molecule has 0 aliphatic heterocycles. The van der Waals surface area contributed by atoms with E-state index in [1.807, 2.05) is 0 Å².